The van der Waals surface area contributed by atoms with Crippen molar-refractivity contribution >= 4 is 9.84 Å². The summed E-state index contributed by atoms with van der Waals surface area (Å²) in [6.45, 7) is 8.97. The second-order valence-corrected chi connectivity index (χ2v) is 9.96. The van der Waals surface area contributed by atoms with Gasteiger partial charge in [-0.15, -0.1) is 0 Å². The van der Waals surface area contributed by atoms with Crippen LogP contribution >= 0.6 is 0 Å². The van der Waals surface area contributed by atoms with E-state index in [-0.39, 0.29) is 23.0 Å². The Kier molecular flexibility index (Phi) is 5.12. The third-order valence-electron chi connectivity index (χ3n) is 4.72. The first kappa shape index (κ1) is 18.3. The van der Waals surface area contributed by atoms with Crippen LogP contribution in [0.3, 0.4) is 0 Å². The molecule has 1 aromatic carbocycles. The molecular weight excluding hydrogens is 310 g/mol. The molecule has 0 aromatic heterocycles. The van der Waals surface area contributed by atoms with Crippen molar-refractivity contribution in [2.24, 2.45) is 0 Å². The van der Waals surface area contributed by atoms with Crippen molar-refractivity contribution in [3.05, 3.63) is 28.8 Å². The zero-order valence-corrected chi connectivity index (χ0v) is 15.7. The Balaban J connectivity index is 2.29. The fourth-order valence-electron chi connectivity index (χ4n) is 3.18. The maximum atomic E-state index is 11.7. The number of hydrogen-bond acceptors (Lipinski definition) is 4. The largest absolute Gasteiger partial charge is 0.507 e. The first-order valence-corrected chi connectivity index (χ1v) is 10.1. The van der Waals surface area contributed by atoms with Crippen LogP contribution in [0.1, 0.15) is 50.8 Å². The quantitative estimate of drug-likeness (QED) is 0.916. The number of rotatable bonds is 4. The molecule has 130 valence electrons. The van der Waals surface area contributed by atoms with Gasteiger partial charge in [-0.2, -0.15) is 0 Å². The monoisotopic (exact) mass is 339 g/mol. The number of hydrogen-bond donors (Lipinski definition) is 1. The summed E-state index contributed by atoms with van der Waals surface area (Å²) in [5, 5.41) is 10.7. The van der Waals surface area contributed by atoms with Gasteiger partial charge in [-0.1, -0.05) is 39.8 Å². The minimum atomic E-state index is -2.89. The Morgan fingerprint density at radius 2 is 1.96 bits per heavy atom. The van der Waals surface area contributed by atoms with Gasteiger partial charge in [0, 0.05) is 18.2 Å². The molecular formula is C18H29NO3S. The predicted octanol–water partition coefficient (Wildman–Crippen LogP) is 2.87. The van der Waals surface area contributed by atoms with E-state index >= 15 is 0 Å². The molecule has 1 aromatic rings. The lowest BCUT2D eigenvalue weighted by Gasteiger charge is -2.27. The average Bonchev–Trinajstić information content (AvgIpc) is 2.80. The fraction of sp³-hybridized carbons (Fsp3) is 0.667. The Morgan fingerprint density at radius 3 is 2.43 bits per heavy atom. The molecule has 1 unspecified atom stereocenters. The summed E-state index contributed by atoms with van der Waals surface area (Å²) in [5.74, 6) is 0.850. The molecule has 0 bridgehead atoms. The molecule has 1 heterocycles. The van der Waals surface area contributed by atoms with Crippen LogP contribution in [0, 0.1) is 0 Å². The van der Waals surface area contributed by atoms with Crippen LogP contribution in [0.5, 0.6) is 5.75 Å². The van der Waals surface area contributed by atoms with Crippen LogP contribution in [0.2, 0.25) is 0 Å². The molecule has 2 rings (SSSR count). The zero-order chi connectivity index (χ0) is 17.4. The molecule has 1 aliphatic heterocycles. The van der Waals surface area contributed by atoms with E-state index in [1.807, 2.05) is 13.1 Å². The smallest absolute Gasteiger partial charge is 0.151 e. The van der Waals surface area contributed by atoms with Gasteiger partial charge in [-0.25, -0.2) is 8.42 Å². The molecule has 0 radical (unpaired) electrons. The predicted molar refractivity (Wildman–Crippen MR) is 94.7 cm³/mol. The van der Waals surface area contributed by atoms with Crippen LogP contribution in [-0.4, -0.2) is 43.0 Å². The number of aryl methyl sites for hydroxylation is 1. The van der Waals surface area contributed by atoms with Crippen LogP contribution in [-0.2, 0) is 28.2 Å². The van der Waals surface area contributed by atoms with E-state index in [9.17, 15) is 13.5 Å². The summed E-state index contributed by atoms with van der Waals surface area (Å²) in [5.41, 5.74) is 2.93. The van der Waals surface area contributed by atoms with Crippen molar-refractivity contribution in [3.63, 3.8) is 0 Å². The highest BCUT2D eigenvalue weighted by Gasteiger charge is 2.31. The summed E-state index contributed by atoms with van der Waals surface area (Å²) in [7, 11) is -0.947. The molecule has 5 heteroatoms. The summed E-state index contributed by atoms with van der Waals surface area (Å²) in [6.07, 6.45) is 1.59. The van der Waals surface area contributed by atoms with Gasteiger partial charge < -0.3 is 5.11 Å². The van der Waals surface area contributed by atoms with Crippen LogP contribution in [0.25, 0.3) is 0 Å². The Bertz CT molecular complexity index is 674. The Hall–Kier alpha value is -1.07. The molecule has 0 spiro atoms. The lowest BCUT2D eigenvalue weighted by molar-refractivity contribution is 0.250. The lowest BCUT2D eigenvalue weighted by Crippen LogP contribution is -2.32. The second kappa shape index (κ2) is 6.44. The summed E-state index contributed by atoms with van der Waals surface area (Å²) >= 11 is 0. The highest BCUT2D eigenvalue weighted by molar-refractivity contribution is 7.91. The van der Waals surface area contributed by atoms with Gasteiger partial charge in [0.25, 0.3) is 0 Å². The topological polar surface area (TPSA) is 57.6 Å². The minimum Gasteiger partial charge on any atom is -0.507 e. The molecule has 0 saturated carbocycles. The summed E-state index contributed by atoms with van der Waals surface area (Å²) in [6, 6.07) is 4.17. The highest BCUT2D eigenvalue weighted by atomic mass is 32.2. The minimum absolute atomic E-state index is 0.0442. The van der Waals surface area contributed by atoms with Gasteiger partial charge in [-0.3, -0.25) is 4.90 Å². The van der Waals surface area contributed by atoms with E-state index < -0.39 is 9.84 Å². The molecule has 1 atom stereocenters. The third-order valence-corrected chi connectivity index (χ3v) is 6.47. The van der Waals surface area contributed by atoms with Gasteiger partial charge in [0.05, 0.1) is 11.5 Å². The van der Waals surface area contributed by atoms with Crippen LogP contribution in [0.4, 0.5) is 0 Å². The van der Waals surface area contributed by atoms with Crippen molar-refractivity contribution in [3.8, 4) is 5.75 Å². The van der Waals surface area contributed by atoms with Crippen molar-refractivity contribution in [1.29, 1.82) is 0 Å². The number of benzene rings is 1. The SMILES string of the molecule is CCc1cc(CN(C)C2CCS(=O)(=O)C2)c(O)c(C(C)(C)C)c1. The Labute approximate surface area is 140 Å². The number of phenolic OH excluding ortho intramolecular Hbond substituents is 1. The number of sulfone groups is 1. The molecule has 1 aliphatic rings. The molecule has 23 heavy (non-hydrogen) atoms. The van der Waals surface area contributed by atoms with Crippen molar-refractivity contribution in [2.75, 3.05) is 18.6 Å². The van der Waals surface area contributed by atoms with E-state index in [1.54, 1.807) is 0 Å². The van der Waals surface area contributed by atoms with Gasteiger partial charge >= 0.3 is 0 Å². The number of phenols is 1. The van der Waals surface area contributed by atoms with E-state index in [0.717, 1.165) is 17.5 Å². The second-order valence-electron chi connectivity index (χ2n) is 7.73. The van der Waals surface area contributed by atoms with Crippen LogP contribution in [0.15, 0.2) is 12.1 Å². The molecule has 0 amide bonds. The molecule has 4 nitrogen and oxygen atoms in total. The molecule has 1 saturated heterocycles. The van der Waals surface area contributed by atoms with Crippen LogP contribution < -0.4 is 0 Å². The first-order chi connectivity index (χ1) is 10.5. The normalized spacial score (nSPS) is 21.0. The highest BCUT2D eigenvalue weighted by Crippen LogP contribution is 2.35. The zero-order valence-electron chi connectivity index (χ0n) is 14.9. The van der Waals surface area contributed by atoms with E-state index in [4.69, 9.17) is 0 Å². The van der Waals surface area contributed by atoms with Gasteiger partial charge in [0.2, 0.25) is 0 Å². The van der Waals surface area contributed by atoms with Crippen molar-refractivity contribution in [1.82, 2.24) is 4.90 Å². The molecule has 0 aliphatic carbocycles. The fourth-order valence-corrected chi connectivity index (χ4v) is 4.98. The van der Waals surface area contributed by atoms with Gasteiger partial charge in [0.1, 0.15) is 5.75 Å². The number of aromatic hydroxyl groups is 1. The van der Waals surface area contributed by atoms with Crippen molar-refractivity contribution < 1.29 is 13.5 Å². The first-order valence-electron chi connectivity index (χ1n) is 8.29. The molecule has 1 N–H and O–H groups in total. The Morgan fingerprint density at radius 1 is 1.30 bits per heavy atom. The lowest BCUT2D eigenvalue weighted by atomic mass is 9.83. The van der Waals surface area contributed by atoms with E-state index in [2.05, 4.69) is 38.7 Å². The summed E-state index contributed by atoms with van der Waals surface area (Å²) in [4.78, 5) is 2.06. The van der Waals surface area contributed by atoms with Crippen molar-refractivity contribution in [2.45, 2.75) is 58.5 Å². The van der Waals surface area contributed by atoms with Gasteiger partial charge in [-0.05, 0) is 36.4 Å². The third kappa shape index (κ3) is 4.27. The van der Waals surface area contributed by atoms with E-state index in [0.29, 0.717) is 18.7 Å². The maximum Gasteiger partial charge on any atom is 0.151 e. The van der Waals surface area contributed by atoms with E-state index in [1.165, 1.54) is 5.56 Å². The number of nitrogens with zero attached hydrogens (tertiary/aromatic N) is 1. The van der Waals surface area contributed by atoms with Gasteiger partial charge in [0.15, 0.2) is 9.84 Å². The maximum absolute atomic E-state index is 11.7. The average molecular weight is 340 g/mol. The standard InChI is InChI=1S/C18H29NO3S/c1-6-13-9-14(17(20)16(10-13)18(2,3)4)11-19(5)15-7-8-23(21,22)12-15/h9-10,15,20H,6-8,11-12H2,1-5H3. The molecule has 1 fully saturated rings. The summed E-state index contributed by atoms with van der Waals surface area (Å²) < 4.78 is 23.3.